The molecule has 2 N–H and O–H groups in total. The van der Waals surface area contributed by atoms with E-state index in [0.717, 1.165) is 18.2 Å². The van der Waals surface area contributed by atoms with E-state index >= 15 is 0 Å². The third-order valence-corrected chi connectivity index (χ3v) is 3.97. The minimum Gasteiger partial charge on any atom is -0.388 e. The van der Waals surface area contributed by atoms with Crippen LogP contribution in [0.1, 0.15) is 43.1 Å². The van der Waals surface area contributed by atoms with Gasteiger partial charge in [-0.1, -0.05) is 19.8 Å². The molecule has 1 aromatic heterocycles. The number of aromatic nitrogens is 1. The number of nitrogens with one attached hydrogen (secondary N) is 2. The Morgan fingerprint density at radius 3 is 2.79 bits per heavy atom. The molecule has 1 saturated carbocycles. The van der Waals surface area contributed by atoms with Crippen LogP contribution in [-0.2, 0) is 0 Å². The van der Waals surface area contributed by atoms with E-state index in [4.69, 9.17) is 0 Å². The summed E-state index contributed by atoms with van der Waals surface area (Å²) in [6.07, 6.45) is 6.68. The van der Waals surface area contributed by atoms with E-state index in [1.807, 2.05) is 13.1 Å². The second kappa shape index (κ2) is 6.55. The predicted molar refractivity (Wildman–Crippen MR) is 77.2 cm³/mol. The fourth-order valence-corrected chi connectivity index (χ4v) is 2.57. The van der Waals surface area contributed by atoms with Crippen LogP contribution in [0, 0.1) is 11.8 Å². The molecule has 1 aromatic rings. The van der Waals surface area contributed by atoms with Gasteiger partial charge in [0.2, 0.25) is 0 Å². The molecule has 104 valence electrons. The van der Waals surface area contributed by atoms with Gasteiger partial charge in [-0.15, -0.1) is 0 Å². The van der Waals surface area contributed by atoms with E-state index < -0.39 is 0 Å². The molecule has 2 rings (SSSR count). The van der Waals surface area contributed by atoms with Crippen molar-refractivity contribution in [2.45, 2.75) is 32.6 Å². The molecule has 4 nitrogen and oxygen atoms in total. The molecule has 0 bridgehead atoms. The zero-order chi connectivity index (χ0) is 13.7. The van der Waals surface area contributed by atoms with Crippen molar-refractivity contribution < 1.29 is 4.79 Å². The molecular weight excluding hydrogens is 238 g/mol. The van der Waals surface area contributed by atoms with E-state index in [1.54, 1.807) is 12.3 Å². The first-order valence-electron chi connectivity index (χ1n) is 7.11. The van der Waals surface area contributed by atoms with E-state index in [2.05, 4.69) is 22.5 Å². The van der Waals surface area contributed by atoms with E-state index in [-0.39, 0.29) is 5.91 Å². The first-order chi connectivity index (χ1) is 9.19. The Morgan fingerprint density at radius 2 is 2.11 bits per heavy atom. The first kappa shape index (κ1) is 13.8. The van der Waals surface area contributed by atoms with Crippen LogP contribution < -0.4 is 10.6 Å². The van der Waals surface area contributed by atoms with Gasteiger partial charge in [0.05, 0.1) is 0 Å². The smallest absolute Gasteiger partial charge is 0.269 e. The van der Waals surface area contributed by atoms with Gasteiger partial charge in [0.15, 0.2) is 0 Å². The van der Waals surface area contributed by atoms with Crippen molar-refractivity contribution in [3.05, 3.63) is 24.0 Å². The van der Waals surface area contributed by atoms with Crippen LogP contribution in [0.25, 0.3) is 0 Å². The van der Waals surface area contributed by atoms with Crippen molar-refractivity contribution in [1.29, 1.82) is 0 Å². The number of carbonyl (C=O) groups excluding carboxylic acids is 1. The maximum atomic E-state index is 12.0. The van der Waals surface area contributed by atoms with Gasteiger partial charge in [-0.05, 0) is 36.8 Å². The second-order valence-electron chi connectivity index (χ2n) is 5.52. The highest BCUT2D eigenvalue weighted by atomic mass is 16.1. The molecule has 1 amide bonds. The van der Waals surface area contributed by atoms with Crippen molar-refractivity contribution in [2.24, 2.45) is 11.8 Å². The number of anilines is 1. The fraction of sp³-hybridized carbons (Fsp3) is 0.600. The van der Waals surface area contributed by atoms with Gasteiger partial charge >= 0.3 is 0 Å². The fourth-order valence-electron chi connectivity index (χ4n) is 2.57. The van der Waals surface area contributed by atoms with Crippen molar-refractivity contribution in [3.63, 3.8) is 0 Å². The standard InChI is InChI=1S/C15H23N3O/c1-11-3-5-12(6-4-11)10-18-15(19)14-9-13(16-2)7-8-17-14/h7-9,11-12H,3-6,10H2,1-2H3,(H,16,17)(H,18,19). The Labute approximate surface area is 115 Å². The lowest BCUT2D eigenvalue weighted by Crippen LogP contribution is -2.31. The Bertz CT molecular complexity index is 425. The Balaban J connectivity index is 1.83. The monoisotopic (exact) mass is 261 g/mol. The number of nitrogens with zero attached hydrogens (tertiary/aromatic N) is 1. The number of hydrogen-bond acceptors (Lipinski definition) is 3. The lowest BCUT2D eigenvalue weighted by atomic mass is 9.83. The summed E-state index contributed by atoms with van der Waals surface area (Å²) in [7, 11) is 1.83. The van der Waals surface area contributed by atoms with Crippen molar-refractivity contribution in [3.8, 4) is 0 Å². The largest absolute Gasteiger partial charge is 0.388 e. The topological polar surface area (TPSA) is 54.0 Å². The summed E-state index contributed by atoms with van der Waals surface area (Å²) in [6, 6.07) is 3.62. The van der Waals surface area contributed by atoms with Gasteiger partial charge in [0.1, 0.15) is 5.69 Å². The SMILES string of the molecule is CNc1ccnc(C(=O)NCC2CCC(C)CC2)c1. The summed E-state index contributed by atoms with van der Waals surface area (Å²) in [4.78, 5) is 16.1. The van der Waals surface area contributed by atoms with Crippen molar-refractivity contribution in [1.82, 2.24) is 10.3 Å². The molecule has 0 radical (unpaired) electrons. The van der Waals surface area contributed by atoms with E-state index in [1.165, 1.54) is 25.7 Å². The van der Waals surface area contributed by atoms with Gasteiger partial charge in [-0.25, -0.2) is 0 Å². The average Bonchev–Trinajstić information content (AvgIpc) is 2.46. The highest BCUT2D eigenvalue weighted by Crippen LogP contribution is 2.27. The molecule has 0 saturated heterocycles. The Kier molecular flexibility index (Phi) is 4.77. The predicted octanol–water partition coefficient (Wildman–Crippen LogP) is 2.68. The minimum atomic E-state index is -0.0734. The minimum absolute atomic E-state index is 0.0734. The number of hydrogen-bond donors (Lipinski definition) is 2. The van der Waals surface area contributed by atoms with Gasteiger partial charge in [-0.2, -0.15) is 0 Å². The zero-order valence-corrected chi connectivity index (χ0v) is 11.8. The molecule has 0 atom stereocenters. The summed E-state index contributed by atoms with van der Waals surface area (Å²) < 4.78 is 0. The van der Waals surface area contributed by atoms with E-state index in [0.29, 0.717) is 11.6 Å². The van der Waals surface area contributed by atoms with Crippen LogP contribution in [0.4, 0.5) is 5.69 Å². The lowest BCUT2D eigenvalue weighted by Gasteiger charge is -2.26. The highest BCUT2D eigenvalue weighted by molar-refractivity contribution is 5.93. The van der Waals surface area contributed by atoms with Crippen molar-refractivity contribution in [2.75, 3.05) is 18.9 Å². The second-order valence-corrected chi connectivity index (χ2v) is 5.52. The number of amides is 1. The van der Waals surface area contributed by atoms with Crippen LogP contribution in [0.3, 0.4) is 0 Å². The van der Waals surface area contributed by atoms with Gasteiger partial charge in [0, 0.05) is 25.5 Å². The quantitative estimate of drug-likeness (QED) is 0.876. The van der Waals surface area contributed by atoms with Gasteiger partial charge in [-0.3, -0.25) is 9.78 Å². The van der Waals surface area contributed by atoms with Crippen LogP contribution in [0.5, 0.6) is 0 Å². The van der Waals surface area contributed by atoms with Gasteiger partial charge in [0.25, 0.3) is 5.91 Å². The molecule has 4 heteroatoms. The van der Waals surface area contributed by atoms with Gasteiger partial charge < -0.3 is 10.6 Å². The first-order valence-corrected chi connectivity index (χ1v) is 7.11. The van der Waals surface area contributed by atoms with E-state index in [9.17, 15) is 4.79 Å². The number of pyridine rings is 1. The van der Waals surface area contributed by atoms with Crippen molar-refractivity contribution >= 4 is 11.6 Å². The average molecular weight is 261 g/mol. The third-order valence-electron chi connectivity index (χ3n) is 3.97. The summed E-state index contributed by atoms with van der Waals surface area (Å²) in [5.41, 5.74) is 1.39. The normalized spacial score (nSPS) is 22.8. The molecule has 0 unspecified atom stereocenters. The molecule has 19 heavy (non-hydrogen) atoms. The third kappa shape index (κ3) is 3.94. The highest BCUT2D eigenvalue weighted by Gasteiger charge is 2.19. The van der Waals surface area contributed by atoms with Crippen LogP contribution in [0.2, 0.25) is 0 Å². The lowest BCUT2D eigenvalue weighted by molar-refractivity contribution is 0.0937. The molecular formula is C15H23N3O. The maximum Gasteiger partial charge on any atom is 0.269 e. The molecule has 1 heterocycles. The zero-order valence-electron chi connectivity index (χ0n) is 11.8. The summed E-state index contributed by atoms with van der Waals surface area (Å²) >= 11 is 0. The van der Waals surface area contributed by atoms with Crippen LogP contribution in [0.15, 0.2) is 18.3 Å². The number of rotatable bonds is 4. The summed E-state index contributed by atoms with van der Waals surface area (Å²) in [5.74, 6) is 1.41. The molecule has 1 aliphatic carbocycles. The molecule has 0 aromatic carbocycles. The molecule has 0 aliphatic heterocycles. The van der Waals surface area contributed by atoms with Crippen LogP contribution >= 0.6 is 0 Å². The molecule has 1 fully saturated rings. The summed E-state index contributed by atoms with van der Waals surface area (Å²) in [6.45, 7) is 3.08. The summed E-state index contributed by atoms with van der Waals surface area (Å²) in [5, 5.41) is 6.02. The molecule has 1 aliphatic rings. The maximum absolute atomic E-state index is 12.0. The Morgan fingerprint density at radius 1 is 1.37 bits per heavy atom. The number of carbonyl (C=O) groups is 1. The Hall–Kier alpha value is -1.58. The molecule has 0 spiro atoms. The van der Waals surface area contributed by atoms with Crippen LogP contribution in [-0.4, -0.2) is 24.5 Å².